The van der Waals surface area contributed by atoms with Crippen molar-refractivity contribution < 1.29 is 9.18 Å². The summed E-state index contributed by atoms with van der Waals surface area (Å²) in [6, 6.07) is 0. The number of carbonyl (C=O) groups is 1. The number of rotatable bonds is 4. The van der Waals surface area contributed by atoms with Gasteiger partial charge in [0.1, 0.15) is 0 Å². The molecule has 2 N–H and O–H groups in total. The van der Waals surface area contributed by atoms with E-state index in [0.29, 0.717) is 12.8 Å². The van der Waals surface area contributed by atoms with Gasteiger partial charge in [-0.05, 0) is 12.8 Å². The number of carbonyl (C=O) groups excluding carboxylic acids is 1. The van der Waals surface area contributed by atoms with E-state index in [1.54, 1.807) is 6.92 Å². The molecule has 0 radical (unpaired) electrons. The maximum Gasteiger partial charge on any atom is 0.220 e. The molecule has 0 aliphatic carbocycles. The molecule has 0 fully saturated rings. The highest BCUT2D eigenvalue weighted by atomic mass is 19.1. The Balaban J connectivity index is 3.27. The van der Waals surface area contributed by atoms with E-state index < -0.39 is 0 Å². The number of primary amides is 1. The molecule has 0 aromatic carbocycles. The van der Waals surface area contributed by atoms with Crippen LogP contribution in [0.5, 0.6) is 0 Å². The molecule has 54 valence electrons. The van der Waals surface area contributed by atoms with Gasteiger partial charge in [0.25, 0.3) is 0 Å². The highest BCUT2D eigenvalue weighted by Crippen LogP contribution is 2.03. The molecular weight excluding hydrogens is 121 g/mol. The van der Waals surface area contributed by atoms with Crippen molar-refractivity contribution in [2.75, 3.05) is 6.67 Å². The standard InChI is InChI=1S/C6H12FNO/c1-5(6(8)9)3-2-4-7/h5H,2-4H2,1H3,(H2,8,9). The van der Waals surface area contributed by atoms with Gasteiger partial charge in [-0.1, -0.05) is 6.92 Å². The van der Waals surface area contributed by atoms with E-state index in [0.717, 1.165) is 0 Å². The van der Waals surface area contributed by atoms with Crippen LogP contribution in [0.3, 0.4) is 0 Å². The summed E-state index contributed by atoms with van der Waals surface area (Å²) in [7, 11) is 0. The fraction of sp³-hybridized carbons (Fsp3) is 0.833. The summed E-state index contributed by atoms with van der Waals surface area (Å²) in [6.07, 6.45) is 0.996. The van der Waals surface area contributed by atoms with Gasteiger partial charge in [0, 0.05) is 5.92 Å². The minimum atomic E-state index is -0.363. The first kappa shape index (κ1) is 8.40. The topological polar surface area (TPSA) is 43.1 Å². The average molecular weight is 133 g/mol. The summed E-state index contributed by atoms with van der Waals surface area (Å²) in [5.41, 5.74) is 4.92. The van der Waals surface area contributed by atoms with Crippen LogP contribution >= 0.6 is 0 Å². The molecule has 0 bridgehead atoms. The van der Waals surface area contributed by atoms with E-state index >= 15 is 0 Å². The van der Waals surface area contributed by atoms with Crippen molar-refractivity contribution in [3.05, 3.63) is 0 Å². The molecule has 3 heteroatoms. The normalized spacial score (nSPS) is 13.1. The van der Waals surface area contributed by atoms with Crippen LogP contribution in [0.2, 0.25) is 0 Å². The lowest BCUT2D eigenvalue weighted by molar-refractivity contribution is -0.121. The lowest BCUT2D eigenvalue weighted by Gasteiger charge is -2.02. The van der Waals surface area contributed by atoms with Gasteiger partial charge in [-0.2, -0.15) is 0 Å². The monoisotopic (exact) mass is 133 g/mol. The van der Waals surface area contributed by atoms with Crippen LogP contribution in [0.4, 0.5) is 4.39 Å². The predicted octanol–water partition coefficient (Wildman–Crippen LogP) is 0.857. The Morgan fingerprint density at radius 2 is 2.33 bits per heavy atom. The molecule has 1 amide bonds. The van der Waals surface area contributed by atoms with Gasteiger partial charge in [-0.15, -0.1) is 0 Å². The van der Waals surface area contributed by atoms with E-state index in [2.05, 4.69) is 0 Å². The van der Waals surface area contributed by atoms with Gasteiger partial charge in [0.15, 0.2) is 0 Å². The molecule has 1 unspecified atom stereocenters. The Labute approximate surface area is 54.2 Å². The van der Waals surface area contributed by atoms with Crippen molar-refractivity contribution in [3.63, 3.8) is 0 Å². The molecule has 9 heavy (non-hydrogen) atoms. The van der Waals surface area contributed by atoms with Crippen molar-refractivity contribution in [2.45, 2.75) is 19.8 Å². The smallest absolute Gasteiger partial charge is 0.220 e. The second-order valence-electron chi connectivity index (χ2n) is 2.13. The first-order valence-electron chi connectivity index (χ1n) is 3.03. The molecule has 0 aliphatic rings. The molecular formula is C6H12FNO. The molecule has 0 heterocycles. The summed E-state index contributed by atoms with van der Waals surface area (Å²) >= 11 is 0. The Kier molecular flexibility index (Phi) is 4.01. The highest BCUT2D eigenvalue weighted by Gasteiger charge is 2.06. The van der Waals surface area contributed by atoms with E-state index in [1.165, 1.54) is 0 Å². The van der Waals surface area contributed by atoms with Crippen LogP contribution < -0.4 is 5.73 Å². The Morgan fingerprint density at radius 3 is 2.67 bits per heavy atom. The number of nitrogens with two attached hydrogens (primary N) is 1. The molecule has 0 rings (SSSR count). The third-order valence-electron chi connectivity index (χ3n) is 1.26. The van der Waals surface area contributed by atoms with Crippen molar-refractivity contribution in [3.8, 4) is 0 Å². The number of alkyl halides is 1. The molecule has 0 saturated carbocycles. The van der Waals surface area contributed by atoms with Crippen LogP contribution in [0.1, 0.15) is 19.8 Å². The highest BCUT2D eigenvalue weighted by molar-refractivity contribution is 5.76. The maximum absolute atomic E-state index is 11.5. The second kappa shape index (κ2) is 4.30. The lowest BCUT2D eigenvalue weighted by Crippen LogP contribution is -2.20. The van der Waals surface area contributed by atoms with E-state index in [4.69, 9.17) is 5.73 Å². The molecule has 1 atom stereocenters. The van der Waals surface area contributed by atoms with Gasteiger partial charge in [0.2, 0.25) is 5.91 Å². The fourth-order valence-electron chi connectivity index (χ4n) is 0.526. The zero-order chi connectivity index (χ0) is 7.28. The van der Waals surface area contributed by atoms with Gasteiger partial charge < -0.3 is 5.73 Å². The van der Waals surface area contributed by atoms with Crippen LogP contribution in [-0.4, -0.2) is 12.6 Å². The zero-order valence-electron chi connectivity index (χ0n) is 5.56. The van der Waals surface area contributed by atoms with Crippen LogP contribution in [-0.2, 0) is 4.79 Å². The largest absolute Gasteiger partial charge is 0.369 e. The van der Waals surface area contributed by atoms with Crippen LogP contribution in [0.15, 0.2) is 0 Å². The van der Waals surface area contributed by atoms with E-state index in [-0.39, 0.29) is 18.5 Å². The fourth-order valence-corrected chi connectivity index (χ4v) is 0.526. The SMILES string of the molecule is CC(CCCF)C(N)=O. The molecule has 0 saturated heterocycles. The van der Waals surface area contributed by atoms with Crippen molar-refractivity contribution >= 4 is 5.91 Å². The van der Waals surface area contributed by atoms with Crippen molar-refractivity contribution in [2.24, 2.45) is 11.7 Å². The first-order chi connectivity index (χ1) is 4.18. The first-order valence-corrected chi connectivity index (χ1v) is 3.03. The van der Waals surface area contributed by atoms with Crippen LogP contribution in [0, 0.1) is 5.92 Å². The third kappa shape index (κ3) is 3.94. The quantitative estimate of drug-likeness (QED) is 0.607. The summed E-state index contributed by atoms with van der Waals surface area (Å²) in [5, 5.41) is 0. The molecule has 0 spiro atoms. The minimum absolute atomic E-state index is 0.180. The van der Waals surface area contributed by atoms with Gasteiger partial charge in [0.05, 0.1) is 6.67 Å². The minimum Gasteiger partial charge on any atom is -0.369 e. The van der Waals surface area contributed by atoms with Crippen molar-refractivity contribution in [1.82, 2.24) is 0 Å². The number of hydrogen-bond donors (Lipinski definition) is 1. The van der Waals surface area contributed by atoms with E-state index in [1.807, 2.05) is 0 Å². The summed E-state index contributed by atoms with van der Waals surface area (Å²) < 4.78 is 11.5. The third-order valence-corrected chi connectivity index (χ3v) is 1.26. The average Bonchev–Trinajstić information content (AvgIpc) is 1.82. The zero-order valence-corrected chi connectivity index (χ0v) is 5.56. The van der Waals surface area contributed by atoms with Crippen LogP contribution in [0.25, 0.3) is 0 Å². The second-order valence-corrected chi connectivity index (χ2v) is 2.13. The molecule has 0 aliphatic heterocycles. The van der Waals surface area contributed by atoms with E-state index in [9.17, 15) is 9.18 Å². The lowest BCUT2D eigenvalue weighted by atomic mass is 10.1. The van der Waals surface area contributed by atoms with Crippen molar-refractivity contribution in [1.29, 1.82) is 0 Å². The summed E-state index contributed by atoms with van der Waals surface area (Å²) in [6.45, 7) is 1.34. The summed E-state index contributed by atoms with van der Waals surface area (Å²) in [4.78, 5) is 10.3. The summed E-state index contributed by atoms with van der Waals surface area (Å²) in [5.74, 6) is -0.524. The Morgan fingerprint density at radius 1 is 1.78 bits per heavy atom. The maximum atomic E-state index is 11.5. The number of amides is 1. The Bertz CT molecular complexity index is 95.1. The number of hydrogen-bond acceptors (Lipinski definition) is 1. The Hall–Kier alpha value is -0.600. The van der Waals surface area contributed by atoms with Gasteiger partial charge >= 0.3 is 0 Å². The predicted molar refractivity (Wildman–Crippen MR) is 33.6 cm³/mol. The molecule has 2 nitrogen and oxygen atoms in total. The molecule has 0 aromatic heterocycles. The van der Waals surface area contributed by atoms with Gasteiger partial charge in [-0.25, -0.2) is 0 Å². The van der Waals surface area contributed by atoms with Gasteiger partial charge in [-0.3, -0.25) is 9.18 Å². The molecule has 0 aromatic rings. The number of halogens is 1.